The molecule has 0 bridgehead atoms. The van der Waals surface area contributed by atoms with E-state index in [0.29, 0.717) is 0 Å². The van der Waals surface area contributed by atoms with Gasteiger partial charge in [-0.05, 0) is 38.1 Å². The molecule has 1 amide bonds. The fraction of sp³-hybridized carbons (Fsp3) is 0.407. The fourth-order valence-electron chi connectivity index (χ4n) is 4.51. The van der Waals surface area contributed by atoms with Crippen LogP contribution in [0, 0.1) is 12.8 Å². The lowest BCUT2D eigenvalue weighted by Crippen LogP contribution is -2.50. The zero-order valence-corrected chi connectivity index (χ0v) is 25.2. The molecular weight excluding hydrogens is 570 g/mol. The molecule has 0 radical (unpaired) electrons. The lowest BCUT2D eigenvalue weighted by atomic mass is 9.99. The second-order valence-electron chi connectivity index (χ2n) is 10.4. The number of para-hydroxylation sites is 1. The second-order valence-corrected chi connectivity index (χ2v) is 14.1. The maximum Gasteiger partial charge on any atom is 0.281 e. The summed E-state index contributed by atoms with van der Waals surface area (Å²) in [6.07, 6.45) is 1.89. The third-order valence-corrected chi connectivity index (χ3v) is 10.1. The molecule has 0 unspecified atom stereocenters. The molecule has 2 N–H and O–H groups in total. The van der Waals surface area contributed by atoms with E-state index in [0.717, 1.165) is 5.56 Å². The predicted octanol–water partition coefficient (Wildman–Crippen LogP) is 2.07. The highest BCUT2D eigenvalue weighted by Crippen LogP contribution is 2.36. The third-order valence-electron chi connectivity index (χ3n) is 7.06. The molecule has 2 heterocycles. The van der Waals surface area contributed by atoms with Crippen LogP contribution in [0.15, 0.2) is 64.9 Å². The number of hydrogen-bond acceptors (Lipinski definition) is 8. The summed E-state index contributed by atoms with van der Waals surface area (Å²) in [5.74, 6) is -0.895. The predicted molar refractivity (Wildman–Crippen MR) is 153 cm³/mol. The lowest BCUT2D eigenvalue weighted by Gasteiger charge is -2.38. The number of rotatable bonds is 9. The number of imidazole rings is 1. The van der Waals surface area contributed by atoms with Crippen LogP contribution in [-0.4, -0.2) is 85.5 Å². The van der Waals surface area contributed by atoms with Crippen LogP contribution in [-0.2, 0) is 27.1 Å². The van der Waals surface area contributed by atoms with Crippen LogP contribution in [0.5, 0.6) is 5.75 Å². The first-order chi connectivity index (χ1) is 19.2. The summed E-state index contributed by atoms with van der Waals surface area (Å²) in [6.45, 7) is 5.16. The topological polar surface area (TPSA) is 151 Å². The number of nitrogens with zero attached hydrogens (tertiary/aromatic N) is 4. The summed E-state index contributed by atoms with van der Waals surface area (Å²) >= 11 is 0. The highest BCUT2D eigenvalue weighted by atomic mass is 32.2. The zero-order valence-electron chi connectivity index (χ0n) is 23.6. The summed E-state index contributed by atoms with van der Waals surface area (Å²) in [5.41, 5.74) is 0.998. The SMILES string of the molecule is Cc1ccc(S(=O)(=O)N(C)C[C@H]2Oc3c(NS(=O)(=O)c4cn(C)cn4)cccc3C(=O)N([C@H](C)CO)C[C@H]2C)cc1. The molecule has 3 aromatic rings. The number of likely N-dealkylation sites (N-methyl/N-ethyl adjacent to an activating group) is 1. The maximum absolute atomic E-state index is 13.7. The molecule has 1 aromatic heterocycles. The number of amides is 1. The molecule has 3 atom stereocenters. The number of aromatic nitrogens is 2. The van der Waals surface area contributed by atoms with Crippen LogP contribution in [0.1, 0.15) is 29.8 Å². The number of hydrogen-bond donors (Lipinski definition) is 2. The molecule has 14 heteroatoms. The van der Waals surface area contributed by atoms with Gasteiger partial charge in [0.1, 0.15) is 6.10 Å². The van der Waals surface area contributed by atoms with E-state index in [1.165, 1.54) is 63.7 Å². The quantitative estimate of drug-likeness (QED) is 0.376. The standard InChI is InChI=1S/C27H35N5O7S2/c1-18-9-11-21(12-10-18)41(37,38)31(5)14-24-19(2)13-32(20(3)16-33)27(34)22-7-6-8-23(26(22)39-24)29-40(35,36)25-15-30(4)17-28-25/h6-12,15,17,19-20,24,29,33H,13-14,16H2,1-5H3/t19-,20-,24-/m1/s1. The molecule has 1 aliphatic heterocycles. The maximum atomic E-state index is 13.7. The Bertz CT molecular complexity index is 1620. The Kier molecular flexibility index (Phi) is 8.78. The van der Waals surface area contributed by atoms with Gasteiger partial charge in [0.2, 0.25) is 10.0 Å². The second kappa shape index (κ2) is 11.8. The van der Waals surface area contributed by atoms with Gasteiger partial charge < -0.3 is 19.3 Å². The van der Waals surface area contributed by atoms with Gasteiger partial charge in [0.25, 0.3) is 15.9 Å². The van der Waals surface area contributed by atoms with Crippen LogP contribution in [0.2, 0.25) is 0 Å². The van der Waals surface area contributed by atoms with Crippen molar-refractivity contribution in [1.82, 2.24) is 18.8 Å². The number of sulfonamides is 2. The number of benzene rings is 2. The highest BCUT2D eigenvalue weighted by molar-refractivity contribution is 7.92. The van der Waals surface area contributed by atoms with E-state index in [9.17, 15) is 26.7 Å². The van der Waals surface area contributed by atoms with E-state index in [1.807, 2.05) is 13.8 Å². The number of fused-ring (bicyclic) bond motifs is 1. The Labute approximate surface area is 240 Å². The number of nitrogens with one attached hydrogen (secondary N) is 1. The number of carbonyl (C=O) groups is 1. The van der Waals surface area contributed by atoms with Gasteiger partial charge in [-0.25, -0.2) is 13.4 Å². The van der Waals surface area contributed by atoms with Gasteiger partial charge in [0, 0.05) is 32.8 Å². The van der Waals surface area contributed by atoms with Gasteiger partial charge in [-0.15, -0.1) is 0 Å². The Balaban J connectivity index is 1.76. The van der Waals surface area contributed by atoms with Crippen LogP contribution < -0.4 is 9.46 Å². The minimum Gasteiger partial charge on any atom is -0.486 e. The first kappa shape index (κ1) is 30.5. The largest absolute Gasteiger partial charge is 0.486 e. The normalized spacial score (nSPS) is 18.8. The minimum atomic E-state index is -4.15. The molecule has 4 rings (SSSR count). The molecule has 1 aliphatic rings. The number of aliphatic hydroxyl groups excluding tert-OH is 1. The molecular formula is C27H35N5O7S2. The fourth-order valence-corrected chi connectivity index (χ4v) is 6.74. The molecule has 222 valence electrons. The van der Waals surface area contributed by atoms with E-state index < -0.39 is 44.0 Å². The first-order valence-corrected chi connectivity index (χ1v) is 15.9. The van der Waals surface area contributed by atoms with E-state index in [2.05, 4.69) is 9.71 Å². The zero-order chi connectivity index (χ0) is 30.1. The summed E-state index contributed by atoms with van der Waals surface area (Å²) in [6, 6.07) is 10.4. The van der Waals surface area contributed by atoms with Crippen molar-refractivity contribution in [2.45, 2.75) is 42.8 Å². The number of aryl methyl sites for hydroxylation is 2. The van der Waals surface area contributed by atoms with Crippen molar-refractivity contribution in [3.63, 3.8) is 0 Å². The monoisotopic (exact) mass is 605 g/mol. The Hall–Kier alpha value is -3.46. The molecule has 0 saturated carbocycles. The first-order valence-electron chi connectivity index (χ1n) is 13.0. The average molecular weight is 606 g/mol. The van der Waals surface area contributed by atoms with Crippen molar-refractivity contribution < 1.29 is 31.5 Å². The number of aliphatic hydroxyl groups is 1. The summed E-state index contributed by atoms with van der Waals surface area (Å²) in [5, 5.41) is 9.66. The lowest BCUT2D eigenvalue weighted by molar-refractivity contribution is 0.0389. The van der Waals surface area contributed by atoms with Gasteiger partial charge in [-0.2, -0.15) is 12.7 Å². The van der Waals surface area contributed by atoms with E-state index >= 15 is 0 Å². The molecule has 0 fully saturated rings. The van der Waals surface area contributed by atoms with Gasteiger partial charge in [0.15, 0.2) is 10.8 Å². The number of carbonyl (C=O) groups excluding carboxylic acids is 1. The molecule has 41 heavy (non-hydrogen) atoms. The number of ether oxygens (including phenoxy) is 1. The Morgan fingerprint density at radius 2 is 1.85 bits per heavy atom. The van der Waals surface area contributed by atoms with Crippen molar-refractivity contribution in [1.29, 1.82) is 0 Å². The molecule has 12 nitrogen and oxygen atoms in total. The minimum absolute atomic E-state index is 0.00116. The number of anilines is 1. The van der Waals surface area contributed by atoms with Gasteiger partial charge >= 0.3 is 0 Å². The van der Waals surface area contributed by atoms with Crippen LogP contribution in [0.4, 0.5) is 5.69 Å². The van der Waals surface area contributed by atoms with Crippen molar-refractivity contribution in [3.8, 4) is 5.75 Å². The highest BCUT2D eigenvalue weighted by Gasteiger charge is 2.36. The van der Waals surface area contributed by atoms with Crippen molar-refractivity contribution in [2.24, 2.45) is 13.0 Å². The Morgan fingerprint density at radius 1 is 1.17 bits per heavy atom. The van der Waals surface area contributed by atoms with Crippen LogP contribution in [0.25, 0.3) is 0 Å². The van der Waals surface area contributed by atoms with E-state index in [4.69, 9.17) is 4.74 Å². The molecule has 0 aliphatic carbocycles. The van der Waals surface area contributed by atoms with Gasteiger partial charge in [0.05, 0.1) is 41.7 Å². The molecule has 2 aromatic carbocycles. The van der Waals surface area contributed by atoms with Crippen LogP contribution >= 0.6 is 0 Å². The third kappa shape index (κ3) is 6.40. The Morgan fingerprint density at radius 3 is 2.46 bits per heavy atom. The van der Waals surface area contributed by atoms with E-state index in [1.54, 1.807) is 26.1 Å². The van der Waals surface area contributed by atoms with Gasteiger partial charge in [-0.3, -0.25) is 9.52 Å². The average Bonchev–Trinajstić information content (AvgIpc) is 3.38. The summed E-state index contributed by atoms with van der Waals surface area (Å²) in [7, 11) is -4.95. The molecule has 0 saturated heterocycles. The van der Waals surface area contributed by atoms with E-state index in [-0.39, 0.29) is 46.6 Å². The molecule has 0 spiro atoms. The summed E-state index contributed by atoms with van der Waals surface area (Å²) in [4.78, 5) is 19.2. The van der Waals surface area contributed by atoms with Crippen molar-refractivity contribution in [3.05, 3.63) is 66.1 Å². The van der Waals surface area contributed by atoms with Gasteiger partial charge in [-0.1, -0.05) is 30.7 Å². The summed E-state index contributed by atoms with van der Waals surface area (Å²) < 4.78 is 64.5. The van der Waals surface area contributed by atoms with Crippen molar-refractivity contribution in [2.75, 3.05) is 31.5 Å². The smallest absolute Gasteiger partial charge is 0.281 e. The van der Waals surface area contributed by atoms with Crippen LogP contribution in [0.3, 0.4) is 0 Å². The van der Waals surface area contributed by atoms with Crippen molar-refractivity contribution >= 4 is 31.6 Å².